The van der Waals surface area contributed by atoms with Gasteiger partial charge in [0.05, 0.1) is 0 Å². The number of rotatable bonds is 8. The van der Waals surface area contributed by atoms with Gasteiger partial charge in [0, 0.05) is 19.3 Å². The Bertz CT molecular complexity index is 927. The standard InChI is InChI=1S/C21H24N2O7/c1-11(14-4-6-15(25)7-5-14)19(22-12(2)24)20(28)23-16(21(29)30)9-13-3-8-17(26)18(27)10-13/h3-8,10-11,16,19,25-27H,9H2,1-2H3,(H,22,24)(H,23,28)(H,29,30). The highest BCUT2D eigenvalue weighted by Crippen LogP contribution is 2.26. The van der Waals surface area contributed by atoms with E-state index in [1.54, 1.807) is 19.1 Å². The fourth-order valence-corrected chi connectivity index (χ4v) is 3.00. The lowest BCUT2D eigenvalue weighted by atomic mass is 9.92. The summed E-state index contributed by atoms with van der Waals surface area (Å²) in [6.45, 7) is 2.94. The van der Waals surface area contributed by atoms with Gasteiger partial charge >= 0.3 is 5.97 Å². The van der Waals surface area contributed by atoms with Crippen LogP contribution >= 0.6 is 0 Å². The number of carbonyl (C=O) groups excluding carboxylic acids is 2. The van der Waals surface area contributed by atoms with Crippen LogP contribution in [0.2, 0.25) is 0 Å². The molecule has 2 aromatic carbocycles. The van der Waals surface area contributed by atoms with Crippen molar-refractivity contribution in [2.45, 2.75) is 38.3 Å². The average Bonchev–Trinajstić information content (AvgIpc) is 2.68. The first kappa shape index (κ1) is 22.5. The number of aliphatic carboxylic acids is 1. The van der Waals surface area contributed by atoms with Crippen molar-refractivity contribution in [3.63, 3.8) is 0 Å². The molecule has 6 N–H and O–H groups in total. The maximum Gasteiger partial charge on any atom is 0.326 e. The van der Waals surface area contributed by atoms with E-state index in [0.717, 1.165) is 0 Å². The molecule has 0 saturated carbocycles. The van der Waals surface area contributed by atoms with Gasteiger partial charge < -0.3 is 31.1 Å². The minimum absolute atomic E-state index is 0.0505. The third kappa shape index (κ3) is 5.87. The molecule has 160 valence electrons. The van der Waals surface area contributed by atoms with Crippen molar-refractivity contribution in [3.8, 4) is 17.2 Å². The summed E-state index contributed by atoms with van der Waals surface area (Å²) in [6.07, 6.45) is -0.144. The van der Waals surface area contributed by atoms with Crippen LogP contribution in [-0.2, 0) is 20.8 Å². The van der Waals surface area contributed by atoms with Crippen molar-refractivity contribution in [1.29, 1.82) is 0 Å². The van der Waals surface area contributed by atoms with E-state index in [9.17, 15) is 34.8 Å². The van der Waals surface area contributed by atoms with E-state index in [2.05, 4.69) is 10.6 Å². The van der Waals surface area contributed by atoms with Crippen LogP contribution in [0.1, 0.15) is 30.9 Å². The topological polar surface area (TPSA) is 156 Å². The van der Waals surface area contributed by atoms with Crippen LogP contribution in [0.3, 0.4) is 0 Å². The minimum atomic E-state index is -1.33. The van der Waals surface area contributed by atoms with Gasteiger partial charge in [-0.05, 0) is 35.4 Å². The zero-order valence-corrected chi connectivity index (χ0v) is 16.5. The van der Waals surface area contributed by atoms with E-state index in [1.807, 2.05) is 0 Å². The van der Waals surface area contributed by atoms with Crippen molar-refractivity contribution < 1.29 is 34.8 Å². The number of carboxylic acids is 1. The number of nitrogens with one attached hydrogen (secondary N) is 2. The molecule has 0 aliphatic heterocycles. The SMILES string of the molecule is CC(=O)NC(C(=O)NC(Cc1ccc(O)c(O)c1)C(=O)O)C(C)c1ccc(O)cc1. The molecule has 3 unspecified atom stereocenters. The maximum absolute atomic E-state index is 12.9. The molecule has 2 rings (SSSR count). The lowest BCUT2D eigenvalue weighted by Crippen LogP contribution is -2.53. The Hall–Kier alpha value is -3.75. The first-order valence-corrected chi connectivity index (χ1v) is 9.18. The first-order chi connectivity index (χ1) is 14.1. The fourth-order valence-electron chi connectivity index (χ4n) is 3.00. The number of carbonyl (C=O) groups is 3. The first-order valence-electron chi connectivity index (χ1n) is 9.18. The van der Waals surface area contributed by atoms with Crippen molar-refractivity contribution in [3.05, 3.63) is 53.6 Å². The third-order valence-corrected chi connectivity index (χ3v) is 4.65. The normalized spacial score (nSPS) is 13.7. The number of hydrogen-bond acceptors (Lipinski definition) is 6. The predicted molar refractivity (Wildman–Crippen MR) is 107 cm³/mol. The highest BCUT2D eigenvalue weighted by molar-refractivity contribution is 5.90. The minimum Gasteiger partial charge on any atom is -0.508 e. The smallest absolute Gasteiger partial charge is 0.326 e. The Kier molecular flexibility index (Phi) is 7.24. The molecule has 0 fully saturated rings. The Balaban J connectivity index is 2.21. The molecule has 0 saturated heterocycles. The van der Waals surface area contributed by atoms with Gasteiger partial charge in [0.2, 0.25) is 11.8 Å². The van der Waals surface area contributed by atoms with E-state index in [1.165, 1.54) is 37.3 Å². The van der Waals surface area contributed by atoms with Crippen LogP contribution in [-0.4, -0.2) is 50.3 Å². The quantitative estimate of drug-likeness (QED) is 0.353. The van der Waals surface area contributed by atoms with Crippen molar-refractivity contribution in [2.75, 3.05) is 0 Å². The van der Waals surface area contributed by atoms with E-state index >= 15 is 0 Å². The number of benzene rings is 2. The van der Waals surface area contributed by atoms with Crippen molar-refractivity contribution in [2.24, 2.45) is 0 Å². The van der Waals surface area contributed by atoms with Gasteiger partial charge in [0.1, 0.15) is 17.8 Å². The molecular weight excluding hydrogens is 392 g/mol. The summed E-state index contributed by atoms with van der Waals surface area (Å²) in [5.41, 5.74) is 1.05. The number of carboxylic acid groups (broad SMARTS) is 1. The summed E-state index contributed by atoms with van der Waals surface area (Å²) in [4.78, 5) is 36.2. The fraction of sp³-hybridized carbons (Fsp3) is 0.286. The van der Waals surface area contributed by atoms with Gasteiger partial charge in [-0.2, -0.15) is 0 Å². The highest BCUT2D eigenvalue weighted by atomic mass is 16.4. The molecule has 2 aromatic rings. The highest BCUT2D eigenvalue weighted by Gasteiger charge is 2.31. The van der Waals surface area contributed by atoms with Gasteiger partial charge in [-0.15, -0.1) is 0 Å². The van der Waals surface area contributed by atoms with Crippen LogP contribution in [0, 0.1) is 0 Å². The van der Waals surface area contributed by atoms with Gasteiger partial charge in [-0.25, -0.2) is 4.79 Å². The van der Waals surface area contributed by atoms with E-state index in [0.29, 0.717) is 11.1 Å². The second-order valence-electron chi connectivity index (χ2n) is 6.99. The molecule has 0 aliphatic rings. The molecule has 9 nitrogen and oxygen atoms in total. The number of aromatic hydroxyl groups is 3. The van der Waals surface area contributed by atoms with Crippen LogP contribution in [0.4, 0.5) is 0 Å². The average molecular weight is 416 g/mol. The molecule has 0 bridgehead atoms. The molecule has 0 aliphatic carbocycles. The Morgan fingerprint density at radius 2 is 1.57 bits per heavy atom. The van der Waals surface area contributed by atoms with Crippen molar-refractivity contribution in [1.82, 2.24) is 10.6 Å². The molecule has 0 spiro atoms. The second kappa shape index (κ2) is 9.64. The molecule has 0 aromatic heterocycles. The number of phenolic OH excluding ortho intramolecular Hbond substituents is 3. The number of phenols is 3. The molecule has 0 heterocycles. The Morgan fingerprint density at radius 3 is 2.10 bits per heavy atom. The third-order valence-electron chi connectivity index (χ3n) is 4.65. The summed E-state index contributed by atoms with van der Waals surface area (Å²) < 4.78 is 0. The zero-order valence-electron chi connectivity index (χ0n) is 16.5. The zero-order chi connectivity index (χ0) is 22.4. The van der Waals surface area contributed by atoms with Gasteiger partial charge in [-0.3, -0.25) is 9.59 Å². The lowest BCUT2D eigenvalue weighted by molar-refractivity contribution is -0.142. The largest absolute Gasteiger partial charge is 0.508 e. The van der Waals surface area contributed by atoms with E-state index in [-0.39, 0.29) is 17.9 Å². The molecule has 0 radical (unpaired) electrons. The summed E-state index contributed by atoms with van der Waals surface area (Å²) in [5.74, 6) is -3.66. The summed E-state index contributed by atoms with van der Waals surface area (Å²) in [6, 6.07) is 7.60. The molecular formula is C21H24N2O7. The van der Waals surface area contributed by atoms with Crippen LogP contribution in [0.15, 0.2) is 42.5 Å². The van der Waals surface area contributed by atoms with Gasteiger partial charge in [0.15, 0.2) is 11.5 Å². The van der Waals surface area contributed by atoms with Crippen molar-refractivity contribution >= 4 is 17.8 Å². The van der Waals surface area contributed by atoms with E-state index < -0.39 is 41.5 Å². The predicted octanol–water partition coefficient (Wildman–Crippen LogP) is 1.22. The molecule has 2 amide bonds. The van der Waals surface area contributed by atoms with Gasteiger partial charge in [0.25, 0.3) is 0 Å². The molecule has 9 heteroatoms. The van der Waals surface area contributed by atoms with Crippen LogP contribution < -0.4 is 10.6 Å². The summed E-state index contributed by atoms with van der Waals surface area (Å²) in [7, 11) is 0. The monoisotopic (exact) mass is 416 g/mol. The molecule has 3 atom stereocenters. The summed E-state index contributed by atoms with van der Waals surface area (Å²) >= 11 is 0. The lowest BCUT2D eigenvalue weighted by Gasteiger charge is -2.26. The number of amides is 2. The van der Waals surface area contributed by atoms with Crippen LogP contribution in [0.5, 0.6) is 17.2 Å². The molecule has 30 heavy (non-hydrogen) atoms. The van der Waals surface area contributed by atoms with E-state index in [4.69, 9.17) is 0 Å². The maximum atomic E-state index is 12.9. The van der Waals surface area contributed by atoms with Gasteiger partial charge in [-0.1, -0.05) is 25.1 Å². The second-order valence-corrected chi connectivity index (χ2v) is 6.99. The van der Waals surface area contributed by atoms with Crippen LogP contribution in [0.25, 0.3) is 0 Å². The number of hydrogen-bond donors (Lipinski definition) is 6. The Labute approximate surface area is 173 Å². The Morgan fingerprint density at radius 1 is 0.933 bits per heavy atom. The summed E-state index contributed by atoms with van der Waals surface area (Å²) in [5, 5.41) is 42.9.